The predicted molar refractivity (Wildman–Crippen MR) is 112 cm³/mol. The van der Waals surface area contributed by atoms with Gasteiger partial charge in [0, 0.05) is 0 Å². The number of rotatable bonds is 6. The molecule has 0 aliphatic carbocycles. The van der Waals surface area contributed by atoms with Gasteiger partial charge in [0.2, 0.25) is 5.91 Å². The van der Waals surface area contributed by atoms with Crippen molar-refractivity contribution in [3.05, 3.63) is 89.2 Å². The molecule has 0 bridgehead atoms. The zero-order chi connectivity index (χ0) is 21.0. The van der Waals surface area contributed by atoms with Crippen molar-refractivity contribution in [2.45, 2.75) is 11.8 Å². The summed E-state index contributed by atoms with van der Waals surface area (Å²) in [5.74, 6) is -1.32. The van der Waals surface area contributed by atoms with E-state index in [4.69, 9.17) is 11.6 Å². The van der Waals surface area contributed by atoms with E-state index >= 15 is 0 Å². The molecule has 0 atom stereocenters. The summed E-state index contributed by atoms with van der Waals surface area (Å²) < 4.78 is 41.3. The Morgan fingerprint density at radius 2 is 1.62 bits per heavy atom. The zero-order valence-electron chi connectivity index (χ0n) is 15.5. The van der Waals surface area contributed by atoms with E-state index in [1.165, 1.54) is 42.5 Å². The monoisotopic (exact) mass is 432 g/mol. The number of hydrogen-bond acceptors (Lipinski definition) is 3. The molecular weight excluding hydrogens is 415 g/mol. The van der Waals surface area contributed by atoms with Gasteiger partial charge in [-0.3, -0.25) is 9.10 Å². The van der Waals surface area contributed by atoms with E-state index in [-0.39, 0.29) is 21.3 Å². The van der Waals surface area contributed by atoms with Crippen molar-refractivity contribution in [2.24, 2.45) is 0 Å². The Morgan fingerprint density at radius 3 is 2.28 bits per heavy atom. The second-order valence-corrected chi connectivity index (χ2v) is 8.57. The molecule has 0 unspecified atom stereocenters. The molecule has 0 aliphatic rings. The molecule has 1 N–H and O–H groups in total. The molecule has 3 rings (SSSR count). The number of carbonyl (C=O) groups is 1. The van der Waals surface area contributed by atoms with Crippen molar-refractivity contribution < 1.29 is 17.6 Å². The van der Waals surface area contributed by atoms with Crippen molar-refractivity contribution in [1.29, 1.82) is 0 Å². The SMILES string of the molecule is Cc1ccc(S(=O)(=O)N(CC(=O)Nc2ccccc2F)c2ccccc2Cl)cc1. The lowest BCUT2D eigenvalue weighted by atomic mass is 10.2. The molecule has 29 heavy (non-hydrogen) atoms. The van der Waals surface area contributed by atoms with Crippen LogP contribution in [-0.4, -0.2) is 20.9 Å². The third-order valence-electron chi connectivity index (χ3n) is 4.17. The fourth-order valence-corrected chi connectivity index (χ4v) is 4.40. The molecule has 0 aromatic heterocycles. The molecule has 3 aromatic rings. The number of anilines is 2. The van der Waals surface area contributed by atoms with Gasteiger partial charge in [0.25, 0.3) is 10.0 Å². The molecule has 3 aromatic carbocycles. The number of amides is 1. The van der Waals surface area contributed by atoms with Crippen LogP contribution in [0.2, 0.25) is 5.02 Å². The third-order valence-corrected chi connectivity index (χ3v) is 6.26. The van der Waals surface area contributed by atoms with Gasteiger partial charge in [-0.25, -0.2) is 12.8 Å². The van der Waals surface area contributed by atoms with E-state index in [9.17, 15) is 17.6 Å². The summed E-state index contributed by atoms with van der Waals surface area (Å²) >= 11 is 6.21. The first-order valence-electron chi connectivity index (χ1n) is 8.67. The first-order chi connectivity index (χ1) is 13.8. The molecule has 0 fully saturated rings. The number of aryl methyl sites for hydroxylation is 1. The summed E-state index contributed by atoms with van der Waals surface area (Å²) in [6.07, 6.45) is 0. The average molecular weight is 433 g/mol. The molecular formula is C21H18ClFN2O3S. The summed E-state index contributed by atoms with van der Waals surface area (Å²) in [6.45, 7) is 1.26. The minimum absolute atomic E-state index is 0.0155. The molecule has 150 valence electrons. The molecule has 5 nitrogen and oxygen atoms in total. The van der Waals surface area contributed by atoms with Crippen molar-refractivity contribution in [3.63, 3.8) is 0 Å². The van der Waals surface area contributed by atoms with E-state index < -0.39 is 28.3 Å². The summed E-state index contributed by atoms with van der Waals surface area (Å²) in [5.41, 5.74) is 1.01. The largest absolute Gasteiger partial charge is 0.322 e. The maximum Gasteiger partial charge on any atom is 0.264 e. The second-order valence-electron chi connectivity index (χ2n) is 6.30. The van der Waals surface area contributed by atoms with Crippen LogP contribution < -0.4 is 9.62 Å². The molecule has 0 radical (unpaired) electrons. The predicted octanol–water partition coefficient (Wildman–Crippen LogP) is 4.62. The van der Waals surface area contributed by atoms with E-state index in [0.717, 1.165) is 9.87 Å². The zero-order valence-corrected chi connectivity index (χ0v) is 17.0. The molecule has 1 amide bonds. The maximum absolute atomic E-state index is 13.8. The Balaban J connectivity index is 1.98. The van der Waals surface area contributed by atoms with Gasteiger partial charge < -0.3 is 5.32 Å². The molecule has 0 aliphatic heterocycles. The number of halogens is 2. The van der Waals surface area contributed by atoms with E-state index in [2.05, 4.69) is 5.32 Å². The fourth-order valence-electron chi connectivity index (χ4n) is 2.67. The number of benzene rings is 3. The van der Waals surface area contributed by atoms with Gasteiger partial charge in [0.05, 0.1) is 21.3 Å². The summed E-state index contributed by atoms with van der Waals surface area (Å²) in [6, 6.07) is 18.2. The van der Waals surface area contributed by atoms with Gasteiger partial charge in [-0.1, -0.05) is 53.6 Å². The molecule has 0 heterocycles. The lowest BCUT2D eigenvalue weighted by molar-refractivity contribution is -0.114. The number of para-hydroxylation sites is 2. The lowest BCUT2D eigenvalue weighted by Gasteiger charge is -2.25. The van der Waals surface area contributed by atoms with Gasteiger partial charge in [-0.15, -0.1) is 0 Å². The standard InChI is InChI=1S/C21H18ClFN2O3S/c1-15-10-12-16(13-11-15)29(27,28)25(20-9-5-2-6-17(20)22)14-21(26)24-19-8-4-3-7-18(19)23/h2-13H,14H2,1H3,(H,24,26). The fraction of sp³-hybridized carbons (Fsp3) is 0.0952. The number of sulfonamides is 1. The van der Waals surface area contributed by atoms with Crippen LogP contribution in [0, 0.1) is 12.7 Å². The van der Waals surface area contributed by atoms with Gasteiger partial charge in [0.1, 0.15) is 12.4 Å². The first-order valence-corrected chi connectivity index (χ1v) is 10.5. The minimum Gasteiger partial charge on any atom is -0.322 e. The highest BCUT2D eigenvalue weighted by Crippen LogP contribution is 2.30. The van der Waals surface area contributed by atoms with Crippen LogP contribution in [0.4, 0.5) is 15.8 Å². The Morgan fingerprint density at radius 1 is 1.00 bits per heavy atom. The maximum atomic E-state index is 13.8. The molecule has 0 spiro atoms. The van der Waals surface area contributed by atoms with Gasteiger partial charge in [-0.05, 0) is 43.3 Å². The average Bonchev–Trinajstić information content (AvgIpc) is 2.69. The Labute approximate surface area is 173 Å². The Hall–Kier alpha value is -2.90. The van der Waals surface area contributed by atoms with Crippen LogP contribution >= 0.6 is 11.6 Å². The molecule has 0 saturated heterocycles. The number of nitrogens with one attached hydrogen (secondary N) is 1. The third kappa shape index (κ3) is 4.75. The Bertz CT molecular complexity index is 1130. The smallest absolute Gasteiger partial charge is 0.264 e. The van der Waals surface area contributed by atoms with Crippen LogP contribution in [0.1, 0.15) is 5.56 Å². The van der Waals surface area contributed by atoms with Crippen LogP contribution in [0.15, 0.2) is 77.7 Å². The minimum atomic E-state index is -4.10. The molecule has 0 saturated carbocycles. The topological polar surface area (TPSA) is 66.5 Å². The van der Waals surface area contributed by atoms with Crippen molar-refractivity contribution in [1.82, 2.24) is 0 Å². The summed E-state index contributed by atoms with van der Waals surface area (Å²) in [5, 5.41) is 2.57. The van der Waals surface area contributed by atoms with Crippen molar-refractivity contribution >= 4 is 38.9 Å². The number of carbonyl (C=O) groups excluding carboxylic acids is 1. The highest BCUT2D eigenvalue weighted by molar-refractivity contribution is 7.92. The lowest BCUT2D eigenvalue weighted by Crippen LogP contribution is -2.38. The normalized spacial score (nSPS) is 11.1. The number of nitrogens with zero attached hydrogens (tertiary/aromatic N) is 1. The van der Waals surface area contributed by atoms with Crippen LogP contribution in [-0.2, 0) is 14.8 Å². The van der Waals surface area contributed by atoms with Crippen LogP contribution in [0.5, 0.6) is 0 Å². The van der Waals surface area contributed by atoms with Crippen molar-refractivity contribution in [3.8, 4) is 0 Å². The van der Waals surface area contributed by atoms with Crippen LogP contribution in [0.25, 0.3) is 0 Å². The van der Waals surface area contributed by atoms with E-state index in [1.807, 2.05) is 6.92 Å². The number of hydrogen-bond donors (Lipinski definition) is 1. The second kappa shape index (κ2) is 8.63. The first kappa shape index (κ1) is 20.8. The highest BCUT2D eigenvalue weighted by atomic mass is 35.5. The Kier molecular flexibility index (Phi) is 6.20. The summed E-state index contributed by atoms with van der Waals surface area (Å²) in [7, 11) is -4.10. The van der Waals surface area contributed by atoms with Crippen molar-refractivity contribution in [2.75, 3.05) is 16.2 Å². The summed E-state index contributed by atoms with van der Waals surface area (Å²) in [4.78, 5) is 12.6. The quantitative estimate of drug-likeness (QED) is 0.618. The van der Waals surface area contributed by atoms with Crippen LogP contribution in [0.3, 0.4) is 0 Å². The highest BCUT2D eigenvalue weighted by Gasteiger charge is 2.28. The van der Waals surface area contributed by atoms with Gasteiger partial charge in [0.15, 0.2) is 0 Å². The molecule has 8 heteroatoms. The van der Waals surface area contributed by atoms with Gasteiger partial charge in [-0.2, -0.15) is 0 Å². The van der Waals surface area contributed by atoms with E-state index in [1.54, 1.807) is 30.3 Å². The van der Waals surface area contributed by atoms with E-state index in [0.29, 0.717) is 0 Å². The van der Waals surface area contributed by atoms with Gasteiger partial charge >= 0.3 is 0 Å².